The smallest absolute Gasteiger partial charge is 0.228 e. The fourth-order valence-electron chi connectivity index (χ4n) is 3.24. The first-order valence-corrected chi connectivity index (χ1v) is 8.96. The third-order valence-electron chi connectivity index (χ3n) is 5.04. The van der Waals surface area contributed by atoms with Gasteiger partial charge < -0.3 is 11.1 Å². The molecular formula is C20H21N5O. The van der Waals surface area contributed by atoms with E-state index < -0.39 is 0 Å². The number of pyridine rings is 3. The normalized spacial score (nSPS) is 14.2. The molecule has 0 atom stereocenters. The number of hydrogen-bond acceptors (Lipinski definition) is 5. The van der Waals surface area contributed by atoms with Crippen LogP contribution in [0, 0.1) is 5.92 Å². The van der Waals surface area contributed by atoms with Gasteiger partial charge in [0.1, 0.15) is 11.6 Å². The highest BCUT2D eigenvalue weighted by atomic mass is 16.2. The van der Waals surface area contributed by atoms with Crippen LogP contribution in [0.5, 0.6) is 0 Å². The first kappa shape index (κ1) is 16.4. The van der Waals surface area contributed by atoms with Crippen molar-refractivity contribution in [2.45, 2.75) is 32.6 Å². The number of carbonyl (C=O) groups is 1. The highest BCUT2D eigenvalue weighted by molar-refractivity contribution is 5.98. The number of nitrogens with one attached hydrogen (secondary N) is 1. The lowest BCUT2D eigenvalue weighted by atomic mass is 9.85. The van der Waals surface area contributed by atoms with Crippen LogP contribution in [0.2, 0.25) is 0 Å². The summed E-state index contributed by atoms with van der Waals surface area (Å²) >= 11 is 0. The number of rotatable bonds is 4. The molecule has 3 N–H and O–H groups in total. The number of nitrogens with two attached hydrogens (primary N) is 1. The molecule has 132 valence electrons. The summed E-state index contributed by atoms with van der Waals surface area (Å²) < 4.78 is 0. The molecule has 1 saturated carbocycles. The molecule has 6 heteroatoms. The van der Waals surface area contributed by atoms with Crippen LogP contribution in [-0.2, 0) is 11.2 Å². The molecule has 0 aromatic carbocycles. The third kappa shape index (κ3) is 2.98. The summed E-state index contributed by atoms with van der Waals surface area (Å²) in [7, 11) is 0. The van der Waals surface area contributed by atoms with Crippen LogP contribution in [0.25, 0.3) is 22.0 Å². The number of aryl methyl sites for hydroxylation is 1. The lowest BCUT2D eigenvalue weighted by Crippen LogP contribution is -2.28. The van der Waals surface area contributed by atoms with E-state index in [0.29, 0.717) is 11.6 Å². The summed E-state index contributed by atoms with van der Waals surface area (Å²) in [4.78, 5) is 25.2. The maximum Gasteiger partial charge on any atom is 0.228 e. The molecule has 26 heavy (non-hydrogen) atoms. The van der Waals surface area contributed by atoms with Crippen LogP contribution in [0.3, 0.4) is 0 Å². The second-order valence-electron chi connectivity index (χ2n) is 6.69. The average molecular weight is 347 g/mol. The van der Waals surface area contributed by atoms with Crippen LogP contribution in [-0.4, -0.2) is 20.9 Å². The second-order valence-corrected chi connectivity index (χ2v) is 6.69. The van der Waals surface area contributed by atoms with Crippen molar-refractivity contribution in [1.29, 1.82) is 0 Å². The molecule has 0 aliphatic heterocycles. The average Bonchev–Trinajstić information content (AvgIpc) is 2.59. The van der Waals surface area contributed by atoms with E-state index in [1.165, 1.54) is 5.56 Å². The molecule has 3 aromatic rings. The molecule has 1 amide bonds. The van der Waals surface area contributed by atoms with Gasteiger partial charge in [-0.25, -0.2) is 9.97 Å². The van der Waals surface area contributed by atoms with E-state index in [-0.39, 0.29) is 11.8 Å². The second kappa shape index (κ2) is 6.71. The maximum atomic E-state index is 12.2. The third-order valence-corrected chi connectivity index (χ3v) is 5.04. The molecule has 1 aliphatic rings. The Labute approximate surface area is 151 Å². The first-order valence-electron chi connectivity index (χ1n) is 8.96. The van der Waals surface area contributed by atoms with Crippen molar-refractivity contribution in [3.05, 3.63) is 42.4 Å². The van der Waals surface area contributed by atoms with Gasteiger partial charge >= 0.3 is 0 Å². The van der Waals surface area contributed by atoms with E-state index in [1.54, 1.807) is 12.4 Å². The fourth-order valence-corrected chi connectivity index (χ4v) is 3.24. The van der Waals surface area contributed by atoms with Crippen molar-refractivity contribution in [3.63, 3.8) is 0 Å². The Morgan fingerprint density at radius 1 is 1.31 bits per heavy atom. The molecule has 3 heterocycles. The van der Waals surface area contributed by atoms with Crippen molar-refractivity contribution in [3.8, 4) is 11.3 Å². The molecule has 0 saturated heterocycles. The van der Waals surface area contributed by atoms with E-state index in [2.05, 4.69) is 27.2 Å². The van der Waals surface area contributed by atoms with Crippen molar-refractivity contribution in [1.82, 2.24) is 15.0 Å². The molecule has 4 rings (SSSR count). The topological polar surface area (TPSA) is 93.8 Å². The molecule has 1 fully saturated rings. The Kier molecular flexibility index (Phi) is 4.24. The number of fused-ring (bicyclic) bond motifs is 1. The van der Waals surface area contributed by atoms with Crippen LogP contribution < -0.4 is 11.1 Å². The number of aromatic nitrogens is 3. The number of hydrogen-bond donors (Lipinski definition) is 2. The van der Waals surface area contributed by atoms with Gasteiger partial charge in [-0.15, -0.1) is 0 Å². The van der Waals surface area contributed by atoms with Crippen LogP contribution in [0.1, 0.15) is 31.7 Å². The van der Waals surface area contributed by atoms with Crippen LogP contribution >= 0.6 is 0 Å². The molecule has 0 bridgehead atoms. The number of nitrogens with zero attached hydrogens (tertiary/aromatic N) is 3. The van der Waals surface area contributed by atoms with E-state index in [9.17, 15) is 4.79 Å². The molecular weight excluding hydrogens is 326 g/mol. The molecule has 3 aromatic heterocycles. The molecule has 0 spiro atoms. The van der Waals surface area contributed by atoms with Crippen molar-refractivity contribution in [2.24, 2.45) is 5.92 Å². The van der Waals surface area contributed by atoms with Crippen molar-refractivity contribution in [2.75, 3.05) is 11.1 Å². The predicted molar refractivity (Wildman–Crippen MR) is 103 cm³/mol. The quantitative estimate of drug-likeness (QED) is 0.752. The summed E-state index contributed by atoms with van der Waals surface area (Å²) in [5, 5.41) is 4.59. The van der Waals surface area contributed by atoms with Gasteiger partial charge in [-0.2, -0.15) is 0 Å². The van der Waals surface area contributed by atoms with E-state index in [1.807, 2.05) is 24.4 Å². The van der Waals surface area contributed by atoms with Gasteiger partial charge in [-0.3, -0.25) is 9.78 Å². The van der Waals surface area contributed by atoms with Gasteiger partial charge in [0.2, 0.25) is 5.91 Å². The van der Waals surface area contributed by atoms with Gasteiger partial charge in [0.15, 0.2) is 0 Å². The zero-order valence-electron chi connectivity index (χ0n) is 14.7. The van der Waals surface area contributed by atoms with Gasteiger partial charge in [-0.05, 0) is 48.4 Å². The number of anilines is 2. The van der Waals surface area contributed by atoms with Gasteiger partial charge in [-0.1, -0.05) is 13.3 Å². The fraction of sp³-hybridized carbons (Fsp3) is 0.300. The molecule has 0 radical (unpaired) electrons. The number of carbonyl (C=O) groups excluding carboxylic acids is 1. The Balaban J connectivity index is 1.73. The Morgan fingerprint density at radius 2 is 2.15 bits per heavy atom. The molecule has 0 unspecified atom stereocenters. The van der Waals surface area contributed by atoms with E-state index in [0.717, 1.165) is 47.7 Å². The minimum atomic E-state index is 0.0471. The number of amides is 1. The van der Waals surface area contributed by atoms with E-state index in [4.69, 9.17) is 5.73 Å². The zero-order chi connectivity index (χ0) is 18.1. The summed E-state index contributed by atoms with van der Waals surface area (Å²) in [5.41, 5.74) is 9.08. The van der Waals surface area contributed by atoms with Crippen molar-refractivity contribution < 1.29 is 4.79 Å². The predicted octanol–water partition coefficient (Wildman–Crippen LogP) is 3.58. The first-order chi connectivity index (χ1) is 12.7. The Hall–Kier alpha value is -3.02. The standard InChI is InChI=1S/C20H21N5O/c1-2-12-6-7-22-10-15(12)17-8-14-9-18(23-11-16(14)19(21)24-17)25-20(26)13-4-3-5-13/h6-11,13H,2-5H2,1H3,(H2,21,24)(H,23,25,26). The monoisotopic (exact) mass is 347 g/mol. The van der Waals surface area contributed by atoms with Crippen molar-refractivity contribution >= 4 is 28.3 Å². The maximum absolute atomic E-state index is 12.2. The zero-order valence-corrected chi connectivity index (χ0v) is 14.7. The number of nitrogen functional groups attached to an aromatic ring is 1. The summed E-state index contributed by atoms with van der Waals surface area (Å²) in [6.07, 6.45) is 9.19. The molecule has 6 nitrogen and oxygen atoms in total. The largest absolute Gasteiger partial charge is 0.383 e. The van der Waals surface area contributed by atoms with Crippen LogP contribution in [0.15, 0.2) is 36.8 Å². The van der Waals surface area contributed by atoms with Gasteiger partial charge in [0.25, 0.3) is 0 Å². The molecule has 1 aliphatic carbocycles. The highest BCUT2D eigenvalue weighted by Crippen LogP contribution is 2.30. The summed E-state index contributed by atoms with van der Waals surface area (Å²) in [6.45, 7) is 2.10. The SMILES string of the molecule is CCc1ccncc1-c1cc2cc(NC(=O)C3CCC3)ncc2c(N)n1. The Bertz CT molecular complexity index is 981. The minimum Gasteiger partial charge on any atom is -0.383 e. The van der Waals surface area contributed by atoms with E-state index >= 15 is 0 Å². The Morgan fingerprint density at radius 3 is 2.88 bits per heavy atom. The van der Waals surface area contributed by atoms with Gasteiger partial charge in [0, 0.05) is 35.5 Å². The summed E-state index contributed by atoms with van der Waals surface area (Å²) in [5.74, 6) is 1.14. The summed E-state index contributed by atoms with van der Waals surface area (Å²) in [6, 6.07) is 5.83. The van der Waals surface area contributed by atoms with Crippen LogP contribution in [0.4, 0.5) is 11.6 Å². The highest BCUT2D eigenvalue weighted by Gasteiger charge is 2.25. The lowest BCUT2D eigenvalue weighted by Gasteiger charge is -2.23. The minimum absolute atomic E-state index is 0.0471. The van der Waals surface area contributed by atoms with Gasteiger partial charge in [0.05, 0.1) is 5.69 Å². The lowest BCUT2D eigenvalue weighted by molar-refractivity contribution is -0.122.